The summed E-state index contributed by atoms with van der Waals surface area (Å²) in [4.78, 5) is 2.18. The fourth-order valence-electron chi connectivity index (χ4n) is 2.74. The average Bonchev–Trinajstić information content (AvgIpc) is 2.95. The zero-order valence-electron chi connectivity index (χ0n) is 15.3. The van der Waals surface area contributed by atoms with Gasteiger partial charge in [0.15, 0.2) is 11.0 Å². The summed E-state index contributed by atoms with van der Waals surface area (Å²) in [5.74, 6) is 1.35. The second kappa shape index (κ2) is 9.69. The van der Waals surface area contributed by atoms with Crippen LogP contribution in [-0.4, -0.2) is 33.8 Å². The summed E-state index contributed by atoms with van der Waals surface area (Å²) in [6.07, 6.45) is 3.17. The molecule has 0 saturated carbocycles. The van der Waals surface area contributed by atoms with Crippen molar-refractivity contribution in [3.05, 3.63) is 39.9 Å². The van der Waals surface area contributed by atoms with Gasteiger partial charge in [-0.15, -0.1) is 10.2 Å². The highest BCUT2D eigenvalue weighted by Crippen LogP contribution is 2.28. The molecule has 0 N–H and O–H groups in total. The zero-order valence-corrected chi connectivity index (χ0v) is 17.7. The maximum atomic E-state index is 14.1. The topological polar surface area (TPSA) is 34.0 Å². The number of aromatic nitrogens is 3. The van der Waals surface area contributed by atoms with Crippen LogP contribution in [-0.2, 0) is 12.3 Å². The molecule has 0 aliphatic carbocycles. The molecule has 25 heavy (non-hydrogen) atoms. The number of nitrogens with zero attached hydrogens (tertiary/aromatic N) is 4. The SMILES string of the molecule is CCCCn1c(SCc2ccc(Br)cc2F)nnc1C(CC)N(C)C. The molecule has 0 aliphatic heterocycles. The largest absolute Gasteiger partial charge is 0.305 e. The molecular weight excluding hydrogens is 403 g/mol. The van der Waals surface area contributed by atoms with Crippen LogP contribution in [0.5, 0.6) is 0 Å². The Morgan fingerprint density at radius 3 is 2.64 bits per heavy atom. The average molecular weight is 429 g/mol. The van der Waals surface area contributed by atoms with Crippen LogP contribution in [0.25, 0.3) is 0 Å². The molecule has 1 unspecified atom stereocenters. The van der Waals surface area contributed by atoms with Gasteiger partial charge in [-0.1, -0.05) is 54.0 Å². The molecule has 1 atom stereocenters. The van der Waals surface area contributed by atoms with E-state index in [-0.39, 0.29) is 11.9 Å². The molecule has 0 amide bonds. The maximum absolute atomic E-state index is 14.1. The third-order valence-corrected chi connectivity index (χ3v) is 5.67. The fraction of sp³-hybridized carbons (Fsp3) is 0.556. The Hall–Kier alpha value is -0.920. The van der Waals surface area contributed by atoms with Crippen molar-refractivity contribution >= 4 is 27.7 Å². The molecule has 0 fully saturated rings. The monoisotopic (exact) mass is 428 g/mol. The van der Waals surface area contributed by atoms with Gasteiger partial charge in [-0.25, -0.2) is 4.39 Å². The van der Waals surface area contributed by atoms with Crippen LogP contribution in [0.4, 0.5) is 4.39 Å². The van der Waals surface area contributed by atoms with Gasteiger partial charge in [0.25, 0.3) is 0 Å². The predicted molar refractivity (Wildman–Crippen MR) is 105 cm³/mol. The molecule has 1 aromatic carbocycles. The minimum Gasteiger partial charge on any atom is -0.305 e. The van der Waals surface area contributed by atoms with Crippen molar-refractivity contribution in [3.63, 3.8) is 0 Å². The van der Waals surface area contributed by atoms with Gasteiger partial charge in [-0.2, -0.15) is 0 Å². The number of unbranched alkanes of at least 4 members (excludes halogenated alkanes) is 1. The number of hydrogen-bond acceptors (Lipinski definition) is 4. The van der Waals surface area contributed by atoms with Gasteiger partial charge in [-0.3, -0.25) is 4.90 Å². The molecule has 0 bridgehead atoms. The van der Waals surface area contributed by atoms with E-state index in [1.54, 1.807) is 11.8 Å². The van der Waals surface area contributed by atoms with E-state index >= 15 is 0 Å². The molecule has 0 saturated heterocycles. The second-order valence-electron chi connectivity index (χ2n) is 6.26. The van der Waals surface area contributed by atoms with Crippen LogP contribution in [0.3, 0.4) is 0 Å². The van der Waals surface area contributed by atoms with Gasteiger partial charge in [0.05, 0.1) is 6.04 Å². The van der Waals surface area contributed by atoms with Crippen LogP contribution in [0.15, 0.2) is 27.8 Å². The lowest BCUT2D eigenvalue weighted by molar-refractivity contribution is 0.270. The van der Waals surface area contributed by atoms with Crippen molar-refractivity contribution < 1.29 is 4.39 Å². The van der Waals surface area contributed by atoms with Crippen molar-refractivity contribution in [1.82, 2.24) is 19.7 Å². The molecule has 0 radical (unpaired) electrons. The standard InChI is InChI=1S/C18H26BrFN4S/c1-5-7-10-24-17(16(6-2)23(3)4)21-22-18(24)25-12-13-8-9-14(19)11-15(13)20/h8-9,11,16H,5-7,10,12H2,1-4H3. The van der Waals surface area contributed by atoms with Crippen LogP contribution < -0.4 is 0 Å². The van der Waals surface area contributed by atoms with Crippen molar-refractivity contribution in [1.29, 1.82) is 0 Å². The van der Waals surface area contributed by atoms with Gasteiger partial charge >= 0.3 is 0 Å². The molecule has 138 valence electrons. The zero-order chi connectivity index (χ0) is 18.4. The van der Waals surface area contributed by atoms with Gasteiger partial charge < -0.3 is 4.57 Å². The quantitative estimate of drug-likeness (QED) is 0.508. The number of rotatable bonds is 9. The number of hydrogen-bond donors (Lipinski definition) is 0. The Morgan fingerprint density at radius 1 is 1.28 bits per heavy atom. The molecular formula is C18H26BrFN4S. The number of halogens is 2. The minimum atomic E-state index is -0.193. The Bertz CT molecular complexity index is 690. The summed E-state index contributed by atoms with van der Waals surface area (Å²) in [5, 5.41) is 9.73. The molecule has 0 spiro atoms. The highest BCUT2D eigenvalue weighted by atomic mass is 79.9. The van der Waals surface area contributed by atoms with E-state index < -0.39 is 0 Å². The summed E-state index contributed by atoms with van der Waals surface area (Å²) < 4.78 is 17.0. The number of benzene rings is 1. The van der Waals surface area contributed by atoms with Gasteiger partial charge in [0, 0.05) is 16.8 Å². The summed E-state index contributed by atoms with van der Waals surface area (Å²) >= 11 is 4.84. The molecule has 4 nitrogen and oxygen atoms in total. The summed E-state index contributed by atoms with van der Waals surface area (Å²) in [7, 11) is 4.13. The predicted octanol–water partition coefficient (Wildman–Crippen LogP) is 5.28. The first-order valence-electron chi connectivity index (χ1n) is 8.64. The Labute approximate surface area is 162 Å². The van der Waals surface area contributed by atoms with Crippen molar-refractivity contribution in [2.45, 2.75) is 56.6 Å². The normalized spacial score (nSPS) is 12.8. The van der Waals surface area contributed by atoms with E-state index in [9.17, 15) is 4.39 Å². The number of thioether (sulfide) groups is 1. The van der Waals surface area contributed by atoms with Gasteiger partial charge in [0.1, 0.15) is 5.82 Å². The summed E-state index contributed by atoms with van der Waals surface area (Å²) in [5.41, 5.74) is 0.680. The van der Waals surface area contributed by atoms with Crippen LogP contribution in [0.2, 0.25) is 0 Å². The van der Waals surface area contributed by atoms with E-state index in [4.69, 9.17) is 0 Å². The van der Waals surface area contributed by atoms with E-state index in [1.165, 1.54) is 6.07 Å². The maximum Gasteiger partial charge on any atom is 0.191 e. The molecule has 0 aliphatic rings. The van der Waals surface area contributed by atoms with Crippen LogP contribution >= 0.6 is 27.7 Å². The summed E-state index contributed by atoms with van der Waals surface area (Å²) in [6.45, 7) is 5.24. The highest BCUT2D eigenvalue weighted by Gasteiger charge is 2.22. The lowest BCUT2D eigenvalue weighted by Crippen LogP contribution is -2.23. The van der Waals surface area contributed by atoms with E-state index in [1.807, 2.05) is 12.1 Å². The van der Waals surface area contributed by atoms with Crippen LogP contribution in [0, 0.1) is 5.82 Å². The van der Waals surface area contributed by atoms with Crippen molar-refractivity contribution in [2.75, 3.05) is 14.1 Å². The van der Waals surface area contributed by atoms with Crippen LogP contribution in [0.1, 0.15) is 50.5 Å². The second-order valence-corrected chi connectivity index (χ2v) is 8.12. The Balaban J connectivity index is 2.22. The van der Waals surface area contributed by atoms with E-state index in [2.05, 4.69) is 63.5 Å². The van der Waals surface area contributed by atoms with Gasteiger partial charge in [-0.05, 0) is 44.6 Å². The molecule has 1 aromatic heterocycles. The van der Waals surface area contributed by atoms with E-state index in [0.717, 1.165) is 41.3 Å². The minimum absolute atomic E-state index is 0.193. The fourth-order valence-corrected chi connectivity index (χ4v) is 4.03. The smallest absolute Gasteiger partial charge is 0.191 e. The van der Waals surface area contributed by atoms with E-state index in [0.29, 0.717) is 11.3 Å². The van der Waals surface area contributed by atoms with Crippen molar-refractivity contribution in [2.24, 2.45) is 0 Å². The third-order valence-electron chi connectivity index (χ3n) is 4.16. The Kier molecular flexibility index (Phi) is 7.90. The lowest BCUT2D eigenvalue weighted by atomic mass is 10.2. The highest BCUT2D eigenvalue weighted by molar-refractivity contribution is 9.10. The third kappa shape index (κ3) is 5.28. The first-order chi connectivity index (χ1) is 12.0. The molecule has 2 rings (SSSR count). The molecule has 7 heteroatoms. The first-order valence-corrected chi connectivity index (χ1v) is 10.4. The van der Waals surface area contributed by atoms with Crippen molar-refractivity contribution in [3.8, 4) is 0 Å². The summed E-state index contributed by atoms with van der Waals surface area (Å²) in [6, 6.07) is 5.42. The molecule has 1 heterocycles. The first kappa shape index (κ1) is 20.4. The van der Waals surface area contributed by atoms with Gasteiger partial charge in [0.2, 0.25) is 0 Å². The Morgan fingerprint density at radius 2 is 2.04 bits per heavy atom. The lowest BCUT2D eigenvalue weighted by Gasteiger charge is -2.23. The molecule has 2 aromatic rings.